The molecule has 0 bridgehead atoms. The number of piperidine rings is 2. The predicted octanol–water partition coefficient (Wildman–Crippen LogP) is 3.45. The fourth-order valence-electron chi connectivity index (χ4n) is 5.26. The maximum absolute atomic E-state index is 13.4. The first-order chi connectivity index (χ1) is 15.2. The molecule has 6 heteroatoms. The summed E-state index contributed by atoms with van der Waals surface area (Å²) in [6.07, 6.45) is 4.23. The van der Waals surface area contributed by atoms with E-state index >= 15 is 0 Å². The second kappa shape index (κ2) is 8.97. The van der Waals surface area contributed by atoms with Crippen LogP contribution in [0.25, 0.3) is 10.8 Å². The fourth-order valence-corrected chi connectivity index (χ4v) is 5.26. The minimum atomic E-state index is -0.280. The van der Waals surface area contributed by atoms with Crippen LogP contribution in [0.15, 0.2) is 42.5 Å². The molecule has 0 aromatic heterocycles. The number of ether oxygens (including phenoxy) is 2. The highest BCUT2D eigenvalue weighted by Crippen LogP contribution is 2.29. The number of amides is 2. The third-order valence-corrected chi connectivity index (χ3v) is 6.95. The molecular formula is C25H30N2O4. The molecule has 6 nitrogen and oxygen atoms in total. The first-order valence-corrected chi connectivity index (χ1v) is 11.5. The number of nitrogens with zero attached hydrogens (tertiary/aromatic N) is 2. The molecule has 3 fully saturated rings. The van der Waals surface area contributed by atoms with Crippen molar-refractivity contribution in [1.29, 1.82) is 0 Å². The molecule has 3 heterocycles. The van der Waals surface area contributed by atoms with E-state index in [1.54, 1.807) is 0 Å². The number of carbonyl (C=O) groups excluding carboxylic acids is 2. The second-order valence-electron chi connectivity index (χ2n) is 8.80. The Bertz CT molecular complexity index is 942. The van der Waals surface area contributed by atoms with Crippen molar-refractivity contribution in [2.24, 2.45) is 5.92 Å². The lowest BCUT2D eigenvalue weighted by Crippen LogP contribution is -2.53. The van der Waals surface area contributed by atoms with Gasteiger partial charge in [0, 0.05) is 31.1 Å². The van der Waals surface area contributed by atoms with Gasteiger partial charge in [0.05, 0.1) is 19.3 Å². The van der Waals surface area contributed by atoms with E-state index in [0.717, 1.165) is 42.1 Å². The molecule has 164 valence electrons. The third kappa shape index (κ3) is 4.06. The number of hydrogen-bond donors (Lipinski definition) is 0. The van der Waals surface area contributed by atoms with Crippen LogP contribution in [0.5, 0.6) is 0 Å². The maximum atomic E-state index is 13.4. The molecule has 1 unspecified atom stereocenters. The van der Waals surface area contributed by atoms with Gasteiger partial charge in [0.1, 0.15) is 0 Å². The Labute approximate surface area is 183 Å². The summed E-state index contributed by atoms with van der Waals surface area (Å²) in [5.74, 6) is 0.242. The van der Waals surface area contributed by atoms with Gasteiger partial charge in [-0.2, -0.15) is 0 Å². The van der Waals surface area contributed by atoms with Gasteiger partial charge in [0.15, 0.2) is 6.29 Å². The molecule has 0 saturated carbocycles. The number of fused-ring (bicyclic) bond motifs is 1. The quantitative estimate of drug-likeness (QED) is 0.760. The Kier molecular flexibility index (Phi) is 5.92. The molecule has 2 aromatic carbocycles. The molecule has 0 N–H and O–H groups in total. The summed E-state index contributed by atoms with van der Waals surface area (Å²) < 4.78 is 11.4. The lowest BCUT2D eigenvalue weighted by Gasteiger charge is -2.41. The molecule has 0 spiro atoms. The van der Waals surface area contributed by atoms with Crippen molar-refractivity contribution in [3.05, 3.63) is 48.0 Å². The van der Waals surface area contributed by atoms with Gasteiger partial charge in [-0.3, -0.25) is 9.59 Å². The zero-order valence-corrected chi connectivity index (χ0v) is 17.9. The highest BCUT2D eigenvalue weighted by Gasteiger charge is 2.39. The summed E-state index contributed by atoms with van der Waals surface area (Å²) in [6.45, 7) is 3.23. The number of carbonyl (C=O) groups is 2. The first kappa shape index (κ1) is 20.5. The largest absolute Gasteiger partial charge is 0.348 e. The van der Waals surface area contributed by atoms with Crippen molar-refractivity contribution >= 4 is 22.6 Å². The summed E-state index contributed by atoms with van der Waals surface area (Å²) >= 11 is 0. The summed E-state index contributed by atoms with van der Waals surface area (Å²) in [4.78, 5) is 30.5. The normalized spacial score (nSPS) is 23.4. The van der Waals surface area contributed by atoms with Gasteiger partial charge in [-0.15, -0.1) is 0 Å². The van der Waals surface area contributed by atoms with Crippen molar-refractivity contribution in [3.8, 4) is 0 Å². The van der Waals surface area contributed by atoms with Crippen LogP contribution in [0.3, 0.4) is 0 Å². The monoisotopic (exact) mass is 422 g/mol. The summed E-state index contributed by atoms with van der Waals surface area (Å²) in [5, 5.41) is 2.06. The van der Waals surface area contributed by atoms with E-state index < -0.39 is 0 Å². The molecule has 3 saturated heterocycles. The van der Waals surface area contributed by atoms with Gasteiger partial charge >= 0.3 is 0 Å². The van der Waals surface area contributed by atoms with Gasteiger partial charge in [0.25, 0.3) is 5.91 Å². The Morgan fingerprint density at radius 1 is 0.839 bits per heavy atom. The third-order valence-electron chi connectivity index (χ3n) is 6.95. The number of rotatable bonds is 3. The fraction of sp³-hybridized carbons (Fsp3) is 0.520. The predicted molar refractivity (Wildman–Crippen MR) is 118 cm³/mol. The Morgan fingerprint density at radius 2 is 1.58 bits per heavy atom. The van der Waals surface area contributed by atoms with E-state index in [1.165, 1.54) is 0 Å². The van der Waals surface area contributed by atoms with Crippen LogP contribution < -0.4 is 0 Å². The van der Waals surface area contributed by atoms with Crippen LogP contribution in [0.2, 0.25) is 0 Å². The standard InChI is InChI=1S/C25H30N2O4/c28-23(27-13-4-3-10-22(27)25-30-16-17-31-25)19-11-14-26(15-12-19)24(29)21-9-5-7-18-6-1-2-8-20(18)21/h1-2,5-9,19,22,25H,3-4,10-17H2. The van der Waals surface area contributed by atoms with E-state index in [0.29, 0.717) is 39.1 Å². The molecule has 0 radical (unpaired) electrons. The lowest BCUT2D eigenvalue weighted by atomic mass is 9.92. The van der Waals surface area contributed by atoms with Gasteiger partial charge in [-0.25, -0.2) is 0 Å². The molecule has 2 aromatic rings. The zero-order valence-electron chi connectivity index (χ0n) is 17.9. The molecule has 31 heavy (non-hydrogen) atoms. The van der Waals surface area contributed by atoms with E-state index in [9.17, 15) is 9.59 Å². The van der Waals surface area contributed by atoms with Crippen molar-refractivity contribution in [2.45, 2.75) is 44.4 Å². The second-order valence-corrected chi connectivity index (χ2v) is 8.80. The van der Waals surface area contributed by atoms with Gasteiger partial charge in [0.2, 0.25) is 5.91 Å². The van der Waals surface area contributed by atoms with Crippen molar-refractivity contribution < 1.29 is 19.1 Å². The van der Waals surface area contributed by atoms with E-state index in [-0.39, 0.29) is 30.1 Å². The Morgan fingerprint density at radius 3 is 2.39 bits per heavy atom. The molecular weight excluding hydrogens is 392 g/mol. The van der Waals surface area contributed by atoms with Crippen LogP contribution in [0.4, 0.5) is 0 Å². The highest BCUT2D eigenvalue weighted by atomic mass is 16.7. The van der Waals surface area contributed by atoms with Crippen LogP contribution in [-0.2, 0) is 14.3 Å². The van der Waals surface area contributed by atoms with Crippen LogP contribution in [0.1, 0.15) is 42.5 Å². The van der Waals surface area contributed by atoms with Crippen molar-refractivity contribution in [2.75, 3.05) is 32.8 Å². The molecule has 3 aliphatic rings. The van der Waals surface area contributed by atoms with Gasteiger partial charge in [-0.05, 0) is 48.9 Å². The topological polar surface area (TPSA) is 59.1 Å². The van der Waals surface area contributed by atoms with Crippen LogP contribution in [0, 0.1) is 5.92 Å². The minimum Gasteiger partial charge on any atom is -0.348 e. The summed E-state index contributed by atoms with van der Waals surface area (Å²) in [5.41, 5.74) is 0.745. The van der Waals surface area contributed by atoms with E-state index in [2.05, 4.69) is 0 Å². The van der Waals surface area contributed by atoms with Crippen LogP contribution >= 0.6 is 0 Å². The SMILES string of the molecule is O=C(c1cccc2ccccc12)N1CCC(C(=O)N2CCCCC2C2OCCO2)CC1. The average molecular weight is 423 g/mol. The highest BCUT2D eigenvalue weighted by molar-refractivity contribution is 6.07. The maximum Gasteiger partial charge on any atom is 0.254 e. The summed E-state index contributed by atoms with van der Waals surface area (Å²) in [7, 11) is 0. The zero-order chi connectivity index (χ0) is 21.2. The Hall–Kier alpha value is -2.44. The smallest absolute Gasteiger partial charge is 0.254 e. The molecule has 1 atom stereocenters. The van der Waals surface area contributed by atoms with Crippen molar-refractivity contribution in [3.63, 3.8) is 0 Å². The van der Waals surface area contributed by atoms with E-state index in [4.69, 9.17) is 9.47 Å². The molecule has 5 rings (SSSR count). The van der Waals surface area contributed by atoms with E-state index in [1.807, 2.05) is 52.3 Å². The van der Waals surface area contributed by atoms with Crippen molar-refractivity contribution in [1.82, 2.24) is 9.80 Å². The average Bonchev–Trinajstić information content (AvgIpc) is 3.38. The Balaban J connectivity index is 1.24. The van der Waals surface area contributed by atoms with Crippen LogP contribution in [-0.4, -0.2) is 66.8 Å². The van der Waals surface area contributed by atoms with Gasteiger partial charge < -0.3 is 19.3 Å². The number of benzene rings is 2. The molecule has 0 aliphatic carbocycles. The minimum absolute atomic E-state index is 0.0269. The number of hydrogen-bond acceptors (Lipinski definition) is 4. The molecule has 3 aliphatic heterocycles. The summed E-state index contributed by atoms with van der Waals surface area (Å²) in [6, 6.07) is 13.9. The lowest BCUT2D eigenvalue weighted by molar-refractivity contribution is -0.155. The number of likely N-dealkylation sites (tertiary alicyclic amines) is 2. The molecule has 2 amide bonds. The first-order valence-electron chi connectivity index (χ1n) is 11.5. The van der Waals surface area contributed by atoms with Gasteiger partial charge in [-0.1, -0.05) is 36.4 Å².